The van der Waals surface area contributed by atoms with Gasteiger partial charge in [-0.2, -0.15) is 0 Å². The van der Waals surface area contributed by atoms with Crippen LogP contribution in [-0.2, 0) is 6.61 Å². The Bertz CT molecular complexity index is 540. The van der Waals surface area contributed by atoms with E-state index in [1.807, 2.05) is 31.3 Å². The molecule has 1 aromatic carbocycles. The van der Waals surface area contributed by atoms with E-state index in [0.717, 1.165) is 19.9 Å². The number of thiazole rings is 1. The van der Waals surface area contributed by atoms with Crippen molar-refractivity contribution in [3.8, 4) is 5.75 Å². The van der Waals surface area contributed by atoms with Gasteiger partial charge in [-0.25, -0.2) is 4.98 Å². The van der Waals surface area contributed by atoms with Crippen LogP contribution in [-0.4, -0.2) is 10.1 Å². The molecule has 0 spiro atoms. The van der Waals surface area contributed by atoms with Crippen molar-refractivity contribution in [3.05, 3.63) is 44.3 Å². The number of nitrogens with zero attached hydrogens (tertiary/aromatic N) is 1. The number of ether oxygens (including phenoxy) is 1. The second-order valence-electron chi connectivity index (χ2n) is 3.99. The Morgan fingerprint density at radius 2 is 2.28 bits per heavy atom. The molecule has 0 aliphatic rings. The van der Waals surface area contributed by atoms with Gasteiger partial charge in [0.25, 0.3) is 0 Å². The summed E-state index contributed by atoms with van der Waals surface area (Å²) in [5.41, 5.74) is 0.791. The third-order valence-corrected chi connectivity index (χ3v) is 3.84. The Morgan fingerprint density at radius 1 is 1.50 bits per heavy atom. The summed E-state index contributed by atoms with van der Waals surface area (Å²) in [5, 5.41) is 10.7. The van der Waals surface area contributed by atoms with Crippen LogP contribution < -0.4 is 4.74 Å². The van der Waals surface area contributed by atoms with Gasteiger partial charge in [0.1, 0.15) is 12.4 Å². The lowest BCUT2D eigenvalue weighted by molar-refractivity contribution is 0.190. The lowest BCUT2D eigenvalue weighted by atomic mass is 10.1. The molecule has 0 aliphatic heterocycles. The number of hydrogen-bond acceptors (Lipinski definition) is 4. The van der Waals surface area contributed by atoms with Crippen molar-refractivity contribution in [1.29, 1.82) is 0 Å². The van der Waals surface area contributed by atoms with Crippen LogP contribution in [0.2, 0.25) is 0 Å². The molecule has 0 bridgehead atoms. The van der Waals surface area contributed by atoms with E-state index in [1.54, 1.807) is 18.3 Å². The van der Waals surface area contributed by atoms with Gasteiger partial charge in [-0.05, 0) is 26.0 Å². The Hall–Kier alpha value is -0.910. The van der Waals surface area contributed by atoms with Gasteiger partial charge in [-0.3, -0.25) is 0 Å². The molecule has 1 heterocycles. The van der Waals surface area contributed by atoms with E-state index in [9.17, 15) is 5.11 Å². The van der Waals surface area contributed by atoms with E-state index in [-0.39, 0.29) is 0 Å². The second kappa shape index (κ2) is 5.82. The van der Waals surface area contributed by atoms with Crippen molar-refractivity contribution in [3.63, 3.8) is 0 Å². The number of aliphatic hydroxyl groups excluding tert-OH is 1. The van der Waals surface area contributed by atoms with Crippen LogP contribution in [0.3, 0.4) is 0 Å². The minimum Gasteiger partial charge on any atom is -0.488 e. The topological polar surface area (TPSA) is 42.4 Å². The molecule has 0 fully saturated rings. The average molecular weight is 328 g/mol. The first-order valence-corrected chi connectivity index (χ1v) is 7.19. The lowest BCUT2D eigenvalue weighted by Gasteiger charge is -2.13. The normalized spacial score (nSPS) is 12.4. The van der Waals surface area contributed by atoms with E-state index in [2.05, 4.69) is 20.9 Å². The number of halogens is 1. The molecule has 0 radical (unpaired) electrons. The molecule has 2 aromatic rings. The van der Waals surface area contributed by atoms with Gasteiger partial charge in [0.2, 0.25) is 0 Å². The van der Waals surface area contributed by atoms with E-state index in [4.69, 9.17) is 4.74 Å². The minimum atomic E-state index is -0.545. The van der Waals surface area contributed by atoms with Crippen molar-refractivity contribution in [1.82, 2.24) is 4.98 Å². The summed E-state index contributed by atoms with van der Waals surface area (Å²) in [7, 11) is 0. The van der Waals surface area contributed by atoms with E-state index in [1.165, 1.54) is 0 Å². The van der Waals surface area contributed by atoms with Gasteiger partial charge < -0.3 is 9.84 Å². The summed E-state index contributed by atoms with van der Waals surface area (Å²) < 4.78 is 6.69. The first-order chi connectivity index (χ1) is 8.56. The quantitative estimate of drug-likeness (QED) is 0.927. The number of aliphatic hydroxyl groups is 1. The molecule has 1 atom stereocenters. The number of aromatic nitrogens is 1. The van der Waals surface area contributed by atoms with Gasteiger partial charge >= 0.3 is 0 Å². The summed E-state index contributed by atoms with van der Waals surface area (Å²) in [6, 6.07) is 5.63. The predicted octanol–water partition coefficient (Wildman–Crippen LogP) is 3.85. The smallest absolute Gasteiger partial charge is 0.126 e. The van der Waals surface area contributed by atoms with Crippen molar-refractivity contribution in [2.45, 2.75) is 26.6 Å². The molecule has 0 saturated carbocycles. The molecule has 0 amide bonds. The Morgan fingerprint density at radius 3 is 2.89 bits per heavy atom. The van der Waals surface area contributed by atoms with Crippen molar-refractivity contribution < 1.29 is 9.84 Å². The summed E-state index contributed by atoms with van der Waals surface area (Å²) in [6.45, 7) is 4.17. The highest BCUT2D eigenvalue weighted by molar-refractivity contribution is 9.10. The van der Waals surface area contributed by atoms with Crippen LogP contribution in [0, 0.1) is 6.92 Å². The zero-order chi connectivity index (χ0) is 13.1. The molecule has 2 rings (SSSR count). The molecular formula is C13H14BrNO2S. The lowest BCUT2D eigenvalue weighted by Crippen LogP contribution is -2.00. The second-order valence-corrected chi connectivity index (χ2v) is 6.23. The van der Waals surface area contributed by atoms with Gasteiger partial charge in [-0.15, -0.1) is 11.3 Å². The van der Waals surface area contributed by atoms with Gasteiger partial charge in [0, 0.05) is 16.2 Å². The standard InChI is InChI=1S/C13H14BrNO2S/c1-8(16)12-4-3-10(14)5-13(12)17-7-11-6-15-9(2)18-11/h3-6,8,16H,7H2,1-2H3. The number of benzene rings is 1. The maximum Gasteiger partial charge on any atom is 0.126 e. The molecule has 1 aromatic heterocycles. The van der Waals surface area contributed by atoms with Crippen LogP contribution in [0.5, 0.6) is 5.75 Å². The molecule has 1 unspecified atom stereocenters. The van der Waals surface area contributed by atoms with Crippen LogP contribution >= 0.6 is 27.3 Å². The maximum atomic E-state index is 9.69. The maximum absolute atomic E-state index is 9.69. The molecule has 5 heteroatoms. The Kier molecular flexibility index (Phi) is 4.37. The van der Waals surface area contributed by atoms with Gasteiger partial charge in [0.05, 0.1) is 16.0 Å². The third-order valence-electron chi connectivity index (χ3n) is 2.46. The molecular weight excluding hydrogens is 314 g/mol. The first-order valence-electron chi connectivity index (χ1n) is 5.58. The monoisotopic (exact) mass is 327 g/mol. The van der Waals surface area contributed by atoms with Crippen LogP contribution in [0.25, 0.3) is 0 Å². The van der Waals surface area contributed by atoms with E-state index >= 15 is 0 Å². The zero-order valence-electron chi connectivity index (χ0n) is 10.2. The highest BCUT2D eigenvalue weighted by atomic mass is 79.9. The summed E-state index contributed by atoms with van der Waals surface area (Å²) in [6.07, 6.45) is 1.27. The SMILES string of the molecule is Cc1ncc(COc2cc(Br)ccc2C(C)O)s1. The van der Waals surface area contributed by atoms with Crippen LogP contribution in [0.1, 0.15) is 28.5 Å². The predicted molar refractivity (Wildman–Crippen MR) is 76.0 cm³/mol. The van der Waals surface area contributed by atoms with Crippen LogP contribution in [0.4, 0.5) is 0 Å². The van der Waals surface area contributed by atoms with E-state index in [0.29, 0.717) is 12.4 Å². The number of rotatable bonds is 4. The Balaban J connectivity index is 2.15. The molecule has 3 nitrogen and oxygen atoms in total. The van der Waals surface area contributed by atoms with E-state index < -0.39 is 6.10 Å². The van der Waals surface area contributed by atoms with Crippen molar-refractivity contribution in [2.24, 2.45) is 0 Å². The highest BCUT2D eigenvalue weighted by Crippen LogP contribution is 2.29. The van der Waals surface area contributed by atoms with Crippen molar-refractivity contribution in [2.75, 3.05) is 0 Å². The summed E-state index contributed by atoms with van der Waals surface area (Å²) >= 11 is 5.02. The number of aryl methyl sites for hydroxylation is 1. The Labute approximate surface area is 119 Å². The minimum absolute atomic E-state index is 0.474. The molecule has 0 saturated heterocycles. The van der Waals surface area contributed by atoms with Gasteiger partial charge in [-0.1, -0.05) is 22.0 Å². The van der Waals surface area contributed by atoms with Crippen molar-refractivity contribution >= 4 is 27.3 Å². The fourth-order valence-corrected chi connectivity index (χ4v) is 2.65. The third kappa shape index (κ3) is 3.31. The molecule has 96 valence electrons. The fourth-order valence-electron chi connectivity index (χ4n) is 1.60. The van der Waals surface area contributed by atoms with Crippen LogP contribution in [0.15, 0.2) is 28.9 Å². The number of hydrogen-bond donors (Lipinski definition) is 1. The molecule has 1 N–H and O–H groups in total. The average Bonchev–Trinajstić information content (AvgIpc) is 2.72. The zero-order valence-corrected chi connectivity index (χ0v) is 12.6. The first kappa shape index (κ1) is 13.5. The fraction of sp³-hybridized carbons (Fsp3) is 0.308. The van der Waals surface area contributed by atoms with Gasteiger partial charge in [0.15, 0.2) is 0 Å². The largest absolute Gasteiger partial charge is 0.488 e. The highest BCUT2D eigenvalue weighted by Gasteiger charge is 2.10. The molecule has 0 aliphatic carbocycles. The summed E-state index contributed by atoms with van der Waals surface area (Å²) in [4.78, 5) is 5.26. The molecule has 18 heavy (non-hydrogen) atoms. The summed E-state index contributed by atoms with van der Waals surface area (Å²) in [5.74, 6) is 0.699.